The van der Waals surface area contributed by atoms with E-state index in [1.54, 1.807) is 6.92 Å². The van der Waals surface area contributed by atoms with E-state index < -0.39 is 0 Å². The Balaban J connectivity index is 1.38. The van der Waals surface area contributed by atoms with E-state index >= 15 is 0 Å². The van der Waals surface area contributed by atoms with Gasteiger partial charge in [0.05, 0.1) is 5.56 Å². The number of rotatable bonds is 3. The van der Waals surface area contributed by atoms with Crippen LogP contribution < -0.4 is 0 Å². The molecule has 11 atom stereocenters. The first-order chi connectivity index (χ1) is 20.4. The molecule has 4 nitrogen and oxygen atoms in total. The minimum atomic E-state index is -0.174. The molecule has 0 bridgehead atoms. The Bertz CT molecular complexity index is 1310. The average molecular weight is 670 g/mol. The molecule has 6 rings (SSSR count). The van der Waals surface area contributed by atoms with Gasteiger partial charge < -0.3 is 9.47 Å². The predicted molar refractivity (Wildman–Crippen MR) is 179 cm³/mol. The molecule has 5 heteroatoms. The van der Waals surface area contributed by atoms with Crippen LogP contribution >= 0.6 is 15.9 Å². The number of carbonyl (C=O) groups is 2. The number of halogens is 1. The van der Waals surface area contributed by atoms with Crippen LogP contribution in [-0.4, -0.2) is 24.1 Å². The molecule has 0 radical (unpaired) electrons. The lowest BCUT2D eigenvalue weighted by Gasteiger charge is -2.75. The van der Waals surface area contributed by atoms with E-state index in [0.717, 1.165) is 30.2 Å². The molecule has 0 aromatic heterocycles. The number of hydrogen-bond donors (Lipinski definition) is 0. The molecule has 11 unspecified atom stereocenters. The van der Waals surface area contributed by atoms with Crippen molar-refractivity contribution in [2.45, 2.75) is 139 Å². The van der Waals surface area contributed by atoms with E-state index in [0.29, 0.717) is 34.7 Å². The monoisotopic (exact) mass is 668 g/mol. The fourth-order valence-electron chi connectivity index (χ4n) is 12.7. The van der Waals surface area contributed by atoms with Crippen LogP contribution in [0.5, 0.6) is 0 Å². The van der Waals surface area contributed by atoms with E-state index in [-0.39, 0.29) is 51.2 Å². The third kappa shape index (κ3) is 4.69. The Morgan fingerprint density at radius 3 is 2.02 bits per heavy atom. The lowest BCUT2D eigenvalue weighted by molar-refractivity contribution is -0.284. The van der Waals surface area contributed by atoms with Gasteiger partial charge in [0, 0.05) is 16.8 Å². The van der Waals surface area contributed by atoms with Gasteiger partial charge in [0.2, 0.25) is 0 Å². The van der Waals surface area contributed by atoms with Gasteiger partial charge in [-0.2, -0.15) is 0 Å². The highest BCUT2D eigenvalue weighted by Gasteiger charge is 2.73. The summed E-state index contributed by atoms with van der Waals surface area (Å²) in [6.07, 6.45) is 11.4. The van der Waals surface area contributed by atoms with Gasteiger partial charge in [-0.1, -0.05) is 71.3 Å². The van der Waals surface area contributed by atoms with Gasteiger partial charge in [0.25, 0.3) is 0 Å². The molecule has 0 heterocycles. The fourth-order valence-corrected chi connectivity index (χ4v) is 12.9. The van der Waals surface area contributed by atoms with Crippen LogP contribution in [0.1, 0.15) is 137 Å². The molecule has 5 aliphatic carbocycles. The maximum absolute atomic E-state index is 13.8. The molecule has 0 aliphatic heterocycles. The number of carbonyl (C=O) groups excluding carboxylic acids is 2. The Labute approximate surface area is 275 Å². The lowest BCUT2D eigenvalue weighted by atomic mass is 9.29. The second-order valence-corrected chi connectivity index (χ2v) is 19.0. The van der Waals surface area contributed by atoms with E-state index in [9.17, 15) is 9.59 Å². The van der Waals surface area contributed by atoms with E-state index in [1.807, 2.05) is 24.3 Å². The molecule has 5 aliphatic rings. The number of hydrogen-bond acceptors (Lipinski definition) is 4. The van der Waals surface area contributed by atoms with Gasteiger partial charge in [0.15, 0.2) is 0 Å². The Morgan fingerprint density at radius 2 is 1.36 bits per heavy atom. The zero-order valence-corrected chi connectivity index (χ0v) is 30.4. The summed E-state index contributed by atoms with van der Waals surface area (Å²) in [6.45, 7) is 21.7. The number of ether oxygens (including phenoxy) is 2. The summed E-state index contributed by atoms with van der Waals surface area (Å²) in [4.78, 5) is 25.7. The van der Waals surface area contributed by atoms with Crippen molar-refractivity contribution in [3.8, 4) is 0 Å². The van der Waals surface area contributed by atoms with Crippen LogP contribution in [-0.2, 0) is 14.3 Å². The van der Waals surface area contributed by atoms with Crippen LogP contribution in [0.15, 0.2) is 28.7 Å². The van der Waals surface area contributed by atoms with Crippen LogP contribution in [0, 0.1) is 56.2 Å². The Morgan fingerprint density at radius 1 is 0.705 bits per heavy atom. The van der Waals surface area contributed by atoms with E-state index in [2.05, 4.69) is 71.3 Å². The summed E-state index contributed by atoms with van der Waals surface area (Å²) in [5.74, 6) is 1.74. The zero-order valence-electron chi connectivity index (χ0n) is 28.9. The smallest absolute Gasteiger partial charge is 0.338 e. The molecule has 0 saturated heterocycles. The first kappa shape index (κ1) is 32.6. The van der Waals surface area contributed by atoms with Crippen molar-refractivity contribution in [3.63, 3.8) is 0 Å². The fraction of sp³-hybridized carbons (Fsp3) is 0.795. The predicted octanol–water partition coefficient (Wildman–Crippen LogP) is 10.4. The second-order valence-electron chi connectivity index (χ2n) is 18.0. The maximum Gasteiger partial charge on any atom is 0.338 e. The molecule has 0 N–H and O–H groups in total. The molecular weight excluding hydrogens is 612 g/mol. The summed E-state index contributed by atoms with van der Waals surface area (Å²) in [6, 6.07) is 7.65. The summed E-state index contributed by atoms with van der Waals surface area (Å²) < 4.78 is 13.6. The van der Waals surface area contributed by atoms with E-state index in [4.69, 9.17) is 9.47 Å². The SMILES string of the molecule is CC(=O)OC1CCC2C(C)(CCC3C2(C)CCC2(C)C4CC(C)(C)CCC4(C)C(OC(=O)c4ccc(Br)cc4)CC32C)C1C. The third-order valence-corrected chi connectivity index (χ3v) is 16.1. The van der Waals surface area contributed by atoms with Gasteiger partial charge in [-0.3, -0.25) is 4.79 Å². The highest BCUT2D eigenvalue weighted by Crippen LogP contribution is 2.78. The summed E-state index contributed by atoms with van der Waals surface area (Å²) in [5.41, 5.74) is 1.55. The first-order valence-corrected chi connectivity index (χ1v) is 18.3. The zero-order chi connectivity index (χ0) is 32.1. The number of esters is 2. The summed E-state index contributed by atoms with van der Waals surface area (Å²) >= 11 is 3.52. The lowest BCUT2D eigenvalue weighted by Crippen LogP contribution is -2.70. The van der Waals surface area contributed by atoms with Gasteiger partial charge >= 0.3 is 11.9 Å². The minimum absolute atomic E-state index is 0.0255. The minimum Gasteiger partial charge on any atom is -0.462 e. The van der Waals surface area contributed by atoms with Gasteiger partial charge in [-0.25, -0.2) is 4.79 Å². The highest BCUT2D eigenvalue weighted by atomic mass is 79.9. The van der Waals surface area contributed by atoms with Crippen LogP contribution in [0.3, 0.4) is 0 Å². The van der Waals surface area contributed by atoms with Crippen LogP contribution in [0.25, 0.3) is 0 Å². The molecule has 5 fully saturated rings. The molecule has 1 aromatic carbocycles. The van der Waals surface area contributed by atoms with Crippen molar-refractivity contribution in [3.05, 3.63) is 34.3 Å². The third-order valence-electron chi connectivity index (χ3n) is 15.6. The summed E-state index contributed by atoms with van der Waals surface area (Å²) in [5, 5.41) is 0. The Hall–Kier alpha value is -1.36. The van der Waals surface area contributed by atoms with Crippen molar-refractivity contribution < 1.29 is 19.1 Å². The molecule has 44 heavy (non-hydrogen) atoms. The first-order valence-electron chi connectivity index (χ1n) is 17.5. The molecular formula is C39H57BrO4. The Kier molecular flexibility index (Phi) is 7.83. The van der Waals surface area contributed by atoms with Crippen molar-refractivity contribution in [2.24, 2.45) is 56.2 Å². The van der Waals surface area contributed by atoms with Crippen LogP contribution in [0.4, 0.5) is 0 Å². The van der Waals surface area contributed by atoms with E-state index in [1.165, 1.54) is 38.5 Å². The van der Waals surface area contributed by atoms with Crippen LogP contribution in [0.2, 0.25) is 0 Å². The quantitative estimate of drug-likeness (QED) is 0.301. The number of benzene rings is 1. The molecule has 5 saturated carbocycles. The normalized spacial score (nSPS) is 47.7. The largest absolute Gasteiger partial charge is 0.462 e. The molecule has 0 amide bonds. The average Bonchev–Trinajstić information content (AvgIpc) is 2.94. The van der Waals surface area contributed by atoms with Gasteiger partial charge in [-0.15, -0.1) is 0 Å². The molecule has 1 aromatic rings. The standard InChI is InChI=1S/C39H57BrO4/c1-24-28(43-25(2)41)14-15-29-35(24,5)17-16-30-36(29,6)20-21-38(8)31-22-34(3,4)18-19-37(31,7)32(23-39(30,38)9)44-33(42)26-10-12-27(40)13-11-26/h10-13,24,28-32H,14-23H2,1-9H3. The van der Waals surface area contributed by atoms with Crippen molar-refractivity contribution in [2.75, 3.05) is 0 Å². The molecule has 244 valence electrons. The number of fused-ring (bicyclic) bond motifs is 7. The summed E-state index contributed by atoms with van der Waals surface area (Å²) in [7, 11) is 0. The molecule has 0 spiro atoms. The van der Waals surface area contributed by atoms with Crippen molar-refractivity contribution in [1.82, 2.24) is 0 Å². The van der Waals surface area contributed by atoms with Crippen molar-refractivity contribution >= 4 is 27.9 Å². The van der Waals surface area contributed by atoms with Gasteiger partial charge in [-0.05, 0) is 139 Å². The second kappa shape index (κ2) is 10.6. The van der Waals surface area contributed by atoms with Gasteiger partial charge in [0.1, 0.15) is 12.2 Å². The van der Waals surface area contributed by atoms with Crippen molar-refractivity contribution in [1.29, 1.82) is 0 Å². The highest BCUT2D eigenvalue weighted by molar-refractivity contribution is 9.10. The maximum atomic E-state index is 13.8. The topological polar surface area (TPSA) is 52.6 Å².